The minimum atomic E-state index is -0.988. The molecule has 0 amide bonds. The van der Waals surface area contributed by atoms with Crippen LogP contribution in [0.2, 0.25) is 0 Å². The van der Waals surface area contributed by atoms with Crippen molar-refractivity contribution in [1.82, 2.24) is 10.6 Å². The Labute approximate surface area is 177 Å². The van der Waals surface area contributed by atoms with Crippen LogP contribution in [-0.2, 0) is 0 Å². The van der Waals surface area contributed by atoms with Crippen LogP contribution in [0.5, 0.6) is 5.75 Å². The lowest BCUT2D eigenvalue weighted by atomic mass is 10.0. The number of aliphatic imine (C=N–C) groups is 1. The molecule has 1 aliphatic heterocycles. The largest absolute Gasteiger partial charge is 0.495 e. The van der Waals surface area contributed by atoms with Crippen LogP contribution in [-0.4, -0.2) is 50.4 Å². The Bertz CT molecular complexity index is 845. The van der Waals surface area contributed by atoms with Crippen molar-refractivity contribution in [2.24, 2.45) is 4.99 Å². The van der Waals surface area contributed by atoms with Crippen LogP contribution >= 0.6 is 0 Å². The van der Waals surface area contributed by atoms with E-state index in [1.807, 2.05) is 25.1 Å². The number of para-hydroxylation sites is 2. The number of halogens is 1. The zero-order valence-electron chi connectivity index (χ0n) is 17.6. The van der Waals surface area contributed by atoms with Crippen molar-refractivity contribution in [1.29, 1.82) is 0 Å². The lowest BCUT2D eigenvalue weighted by Gasteiger charge is -2.36. The zero-order chi connectivity index (χ0) is 21.3. The molecule has 2 atom stereocenters. The van der Waals surface area contributed by atoms with Gasteiger partial charge >= 0.3 is 0 Å². The molecule has 1 aliphatic rings. The van der Waals surface area contributed by atoms with Gasteiger partial charge in [-0.15, -0.1) is 0 Å². The Morgan fingerprint density at radius 1 is 1.27 bits per heavy atom. The Hall–Kier alpha value is -2.80. The standard InChI is InChI=1S/C23H31FN4O2/c1-3-25-23(26-15-21(29)18-10-4-5-11-19(18)24)27-17-9-8-14-28(16-17)20-12-6-7-13-22(20)30-2/h4-7,10-13,17,21,29H,3,8-9,14-16H2,1-2H3,(H2,25,26,27). The molecule has 0 spiro atoms. The van der Waals surface area contributed by atoms with Gasteiger partial charge in [0.15, 0.2) is 5.96 Å². The summed E-state index contributed by atoms with van der Waals surface area (Å²) in [6.07, 6.45) is 1.08. The van der Waals surface area contributed by atoms with Gasteiger partial charge in [-0.25, -0.2) is 4.39 Å². The van der Waals surface area contributed by atoms with Crippen LogP contribution < -0.4 is 20.3 Å². The maximum Gasteiger partial charge on any atom is 0.191 e. The van der Waals surface area contributed by atoms with E-state index in [9.17, 15) is 9.50 Å². The highest BCUT2D eigenvalue weighted by Gasteiger charge is 2.23. The number of guanidine groups is 1. The average molecular weight is 415 g/mol. The molecule has 0 saturated carbocycles. The van der Waals surface area contributed by atoms with Gasteiger partial charge in [0, 0.05) is 31.2 Å². The van der Waals surface area contributed by atoms with Gasteiger partial charge in [-0.05, 0) is 38.0 Å². The molecule has 7 heteroatoms. The third-order valence-corrected chi connectivity index (χ3v) is 5.22. The van der Waals surface area contributed by atoms with E-state index >= 15 is 0 Å². The van der Waals surface area contributed by atoms with Gasteiger partial charge in [-0.1, -0.05) is 30.3 Å². The number of hydrogen-bond donors (Lipinski definition) is 3. The molecule has 0 radical (unpaired) electrons. The van der Waals surface area contributed by atoms with Gasteiger partial charge in [0.25, 0.3) is 0 Å². The first kappa shape index (κ1) is 21.9. The van der Waals surface area contributed by atoms with Crippen molar-refractivity contribution < 1.29 is 14.2 Å². The molecule has 1 fully saturated rings. The predicted molar refractivity (Wildman–Crippen MR) is 119 cm³/mol. The van der Waals surface area contributed by atoms with Crippen LogP contribution in [0.3, 0.4) is 0 Å². The summed E-state index contributed by atoms with van der Waals surface area (Å²) in [5.41, 5.74) is 1.35. The smallest absolute Gasteiger partial charge is 0.191 e. The number of anilines is 1. The monoisotopic (exact) mass is 414 g/mol. The van der Waals surface area contributed by atoms with Crippen molar-refractivity contribution in [2.45, 2.75) is 31.9 Å². The summed E-state index contributed by atoms with van der Waals surface area (Å²) in [4.78, 5) is 6.81. The number of ether oxygens (including phenoxy) is 1. The molecule has 2 aromatic carbocycles. The molecule has 2 aromatic rings. The van der Waals surface area contributed by atoms with Gasteiger partial charge < -0.3 is 25.4 Å². The molecule has 6 nitrogen and oxygen atoms in total. The van der Waals surface area contributed by atoms with E-state index < -0.39 is 11.9 Å². The highest BCUT2D eigenvalue weighted by Crippen LogP contribution is 2.29. The van der Waals surface area contributed by atoms with E-state index in [-0.39, 0.29) is 18.2 Å². The molecule has 3 N–H and O–H groups in total. The number of aliphatic hydroxyl groups is 1. The fourth-order valence-electron chi connectivity index (χ4n) is 3.74. The zero-order valence-corrected chi connectivity index (χ0v) is 17.6. The lowest BCUT2D eigenvalue weighted by molar-refractivity contribution is 0.182. The van der Waals surface area contributed by atoms with Crippen LogP contribution in [0.4, 0.5) is 10.1 Å². The summed E-state index contributed by atoms with van der Waals surface area (Å²) in [5, 5.41) is 17.0. The molecule has 162 valence electrons. The van der Waals surface area contributed by atoms with Crippen molar-refractivity contribution >= 4 is 11.6 Å². The number of methoxy groups -OCH3 is 1. The number of nitrogens with one attached hydrogen (secondary N) is 2. The van der Waals surface area contributed by atoms with E-state index in [1.54, 1.807) is 25.3 Å². The quantitative estimate of drug-likeness (QED) is 0.480. The average Bonchev–Trinajstić information content (AvgIpc) is 2.78. The summed E-state index contributed by atoms with van der Waals surface area (Å²) in [7, 11) is 1.69. The first-order valence-electron chi connectivity index (χ1n) is 10.5. The normalized spacial score (nSPS) is 18.1. The number of aliphatic hydroxyl groups excluding tert-OH is 1. The van der Waals surface area contributed by atoms with Crippen molar-refractivity contribution in [3.63, 3.8) is 0 Å². The molecule has 0 aliphatic carbocycles. The Kier molecular flexibility index (Phi) is 7.90. The topological polar surface area (TPSA) is 69.1 Å². The van der Waals surface area contributed by atoms with Crippen LogP contribution in [0, 0.1) is 5.82 Å². The van der Waals surface area contributed by atoms with E-state index in [2.05, 4.69) is 26.6 Å². The van der Waals surface area contributed by atoms with E-state index in [0.29, 0.717) is 12.5 Å². The van der Waals surface area contributed by atoms with Gasteiger partial charge in [-0.2, -0.15) is 0 Å². The summed E-state index contributed by atoms with van der Waals surface area (Å²) in [6.45, 7) is 4.56. The maximum atomic E-state index is 13.9. The second kappa shape index (κ2) is 10.8. The molecule has 0 aromatic heterocycles. The first-order valence-corrected chi connectivity index (χ1v) is 10.5. The number of benzene rings is 2. The Morgan fingerprint density at radius 2 is 2.03 bits per heavy atom. The summed E-state index contributed by atoms with van der Waals surface area (Å²) in [6, 6.07) is 14.5. The molecule has 30 heavy (non-hydrogen) atoms. The van der Waals surface area contributed by atoms with Crippen LogP contribution in [0.25, 0.3) is 0 Å². The Morgan fingerprint density at radius 3 is 2.80 bits per heavy atom. The maximum absolute atomic E-state index is 13.9. The molecule has 0 bridgehead atoms. The predicted octanol–water partition coefficient (Wildman–Crippen LogP) is 3.09. The number of hydrogen-bond acceptors (Lipinski definition) is 4. The summed E-state index contributed by atoms with van der Waals surface area (Å²) < 4.78 is 19.4. The molecular weight excluding hydrogens is 383 g/mol. The molecule has 2 unspecified atom stereocenters. The third-order valence-electron chi connectivity index (χ3n) is 5.22. The fraction of sp³-hybridized carbons (Fsp3) is 0.435. The summed E-state index contributed by atoms with van der Waals surface area (Å²) >= 11 is 0. The highest BCUT2D eigenvalue weighted by atomic mass is 19.1. The van der Waals surface area contributed by atoms with Crippen molar-refractivity contribution in [3.8, 4) is 5.75 Å². The second-order valence-corrected chi connectivity index (χ2v) is 7.36. The molecule has 1 saturated heterocycles. The van der Waals surface area contributed by atoms with Crippen LogP contribution in [0.1, 0.15) is 31.4 Å². The lowest BCUT2D eigenvalue weighted by Crippen LogP contribution is -2.51. The second-order valence-electron chi connectivity index (χ2n) is 7.36. The summed E-state index contributed by atoms with van der Waals surface area (Å²) in [5.74, 6) is 1.07. The minimum Gasteiger partial charge on any atom is -0.495 e. The highest BCUT2D eigenvalue weighted by molar-refractivity contribution is 5.80. The van der Waals surface area contributed by atoms with Crippen LogP contribution in [0.15, 0.2) is 53.5 Å². The molecule has 1 heterocycles. The third kappa shape index (κ3) is 5.63. The minimum absolute atomic E-state index is 0.0825. The van der Waals surface area contributed by atoms with Crippen molar-refractivity contribution in [2.75, 3.05) is 38.2 Å². The van der Waals surface area contributed by atoms with E-state index in [0.717, 1.165) is 37.4 Å². The number of piperidine rings is 1. The van der Waals surface area contributed by atoms with E-state index in [1.165, 1.54) is 6.07 Å². The van der Waals surface area contributed by atoms with Crippen molar-refractivity contribution in [3.05, 3.63) is 59.9 Å². The number of rotatable bonds is 7. The van der Waals surface area contributed by atoms with Gasteiger partial charge in [0.2, 0.25) is 0 Å². The van der Waals surface area contributed by atoms with E-state index in [4.69, 9.17) is 4.74 Å². The SMILES string of the molecule is CCNC(=NCC(O)c1ccccc1F)NC1CCCN(c2ccccc2OC)C1. The van der Waals surface area contributed by atoms with Gasteiger partial charge in [0.05, 0.1) is 19.3 Å². The van der Waals surface area contributed by atoms with Gasteiger partial charge in [0.1, 0.15) is 17.7 Å². The Balaban J connectivity index is 1.65. The first-order chi connectivity index (χ1) is 14.6. The molecular formula is C23H31FN4O2. The number of nitrogens with zero attached hydrogens (tertiary/aromatic N) is 2. The molecule has 3 rings (SSSR count). The van der Waals surface area contributed by atoms with Gasteiger partial charge in [-0.3, -0.25) is 4.99 Å². The fourth-order valence-corrected chi connectivity index (χ4v) is 3.74.